The first-order chi connectivity index (χ1) is 14.3. The standard InChI is InChI=1S/C19H18ClN7.CH4O/c20-14-5-7-15(8-6-14)26-12-17(21-13-26)22-18-16-4-3-11-27(16)24-19(23-18)25-9-1-2-10-25;1-2/h3-8,11-13H,1-2,9-10H2,(H,22,23,24);2H,1H3. The quantitative estimate of drug-likeness (QED) is 0.534. The molecule has 1 aromatic carbocycles. The first-order valence-corrected chi connectivity index (χ1v) is 9.76. The normalized spacial score (nSPS) is 13.4. The fourth-order valence-electron chi connectivity index (χ4n) is 3.33. The Morgan fingerprint density at radius 2 is 1.83 bits per heavy atom. The van der Waals surface area contributed by atoms with Gasteiger partial charge in [0.05, 0.1) is 6.20 Å². The second-order valence-corrected chi connectivity index (χ2v) is 7.00. The number of benzene rings is 1. The Bertz CT molecular complexity index is 1080. The van der Waals surface area contributed by atoms with Gasteiger partial charge in [-0.05, 0) is 49.2 Å². The zero-order chi connectivity index (χ0) is 20.2. The Balaban J connectivity index is 0.000000994. The minimum Gasteiger partial charge on any atom is -0.400 e. The Morgan fingerprint density at radius 1 is 1.07 bits per heavy atom. The van der Waals surface area contributed by atoms with E-state index in [2.05, 4.69) is 20.3 Å². The number of hydrogen-bond acceptors (Lipinski definition) is 6. The summed E-state index contributed by atoms with van der Waals surface area (Å²) >= 11 is 5.97. The molecule has 3 aromatic heterocycles. The van der Waals surface area contributed by atoms with E-state index in [1.54, 1.807) is 6.33 Å². The number of halogens is 1. The van der Waals surface area contributed by atoms with Crippen LogP contribution in [0, 0.1) is 0 Å². The number of rotatable bonds is 4. The van der Waals surface area contributed by atoms with Crippen molar-refractivity contribution in [3.8, 4) is 5.69 Å². The minimum absolute atomic E-state index is 0.711. The molecule has 0 unspecified atom stereocenters. The Labute approximate surface area is 173 Å². The molecule has 0 radical (unpaired) electrons. The summed E-state index contributed by atoms with van der Waals surface area (Å²) in [7, 11) is 1.00. The van der Waals surface area contributed by atoms with Gasteiger partial charge in [-0.2, -0.15) is 4.98 Å². The first-order valence-electron chi connectivity index (χ1n) is 9.38. The molecule has 0 amide bonds. The first kappa shape index (κ1) is 19.2. The van der Waals surface area contributed by atoms with E-state index in [-0.39, 0.29) is 0 Å². The number of hydrogen-bond donors (Lipinski definition) is 2. The van der Waals surface area contributed by atoms with E-state index >= 15 is 0 Å². The Kier molecular flexibility index (Phi) is 5.64. The highest BCUT2D eigenvalue weighted by Crippen LogP contribution is 2.24. The maximum absolute atomic E-state index is 7.00. The van der Waals surface area contributed by atoms with Crippen LogP contribution in [-0.4, -0.2) is 49.5 Å². The summed E-state index contributed by atoms with van der Waals surface area (Å²) in [6.45, 7) is 1.99. The van der Waals surface area contributed by atoms with E-state index in [4.69, 9.17) is 21.7 Å². The SMILES string of the molecule is CO.Clc1ccc(-n2cnc(Nc3nc(N4CCCC4)nn4cccc34)c2)cc1. The van der Waals surface area contributed by atoms with E-state index in [0.29, 0.717) is 5.02 Å². The largest absolute Gasteiger partial charge is 0.400 e. The predicted molar refractivity (Wildman–Crippen MR) is 114 cm³/mol. The van der Waals surface area contributed by atoms with E-state index in [9.17, 15) is 0 Å². The topological polar surface area (TPSA) is 83.5 Å². The van der Waals surface area contributed by atoms with Crippen molar-refractivity contribution < 1.29 is 5.11 Å². The molecule has 1 saturated heterocycles. The third-order valence-electron chi connectivity index (χ3n) is 4.72. The van der Waals surface area contributed by atoms with E-state index < -0.39 is 0 Å². The highest BCUT2D eigenvalue weighted by Gasteiger charge is 2.18. The van der Waals surface area contributed by atoms with Crippen LogP contribution in [0.3, 0.4) is 0 Å². The molecule has 0 saturated carbocycles. The minimum atomic E-state index is 0.711. The van der Waals surface area contributed by atoms with Crippen LogP contribution in [0.15, 0.2) is 55.1 Å². The molecule has 0 aliphatic carbocycles. The van der Waals surface area contributed by atoms with Crippen LogP contribution < -0.4 is 10.2 Å². The third-order valence-corrected chi connectivity index (χ3v) is 4.97. The van der Waals surface area contributed by atoms with Crippen LogP contribution in [-0.2, 0) is 0 Å². The van der Waals surface area contributed by atoms with Gasteiger partial charge in [-0.15, -0.1) is 5.10 Å². The molecule has 8 nitrogen and oxygen atoms in total. The average Bonchev–Trinajstić information content (AvgIpc) is 3.51. The molecule has 1 fully saturated rings. The van der Waals surface area contributed by atoms with Crippen LogP contribution in [0.5, 0.6) is 0 Å². The van der Waals surface area contributed by atoms with E-state index in [1.165, 1.54) is 12.8 Å². The summed E-state index contributed by atoms with van der Waals surface area (Å²) in [5.74, 6) is 2.22. The molecule has 0 atom stereocenters. The lowest BCUT2D eigenvalue weighted by Crippen LogP contribution is -2.22. The summed E-state index contributed by atoms with van der Waals surface area (Å²) in [5, 5.41) is 15.7. The van der Waals surface area contributed by atoms with Gasteiger partial charge in [0.25, 0.3) is 0 Å². The van der Waals surface area contributed by atoms with Gasteiger partial charge in [0.2, 0.25) is 5.95 Å². The molecule has 5 rings (SSSR count). The summed E-state index contributed by atoms with van der Waals surface area (Å²) in [6, 6.07) is 11.6. The molecular weight excluding hydrogens is 390 g/mol. The summed E-state index contributed by atoms with van der Waals surface area (Å²) < 4.78 is 3.80. The van der Waals surface area contributed by atoms with Crippen LogP contribution >= 0.6 is 11.6 Å². The molecule has 4 aromatic rings. The van der Waals surface area contributed by atoms with Crippen molar-refractivity contribution in [2.75, 3.05) is 30.4 Å². The molecule has 9 heteroatoms. The number of aromatic nitrogens is 5. The van der Waals surface area contributed by atoms with Gasteiger partial charge in [0.15, 0.2) is 5.82 Å². The van der Waals surface area contributed by atoms with Crippen molar-refractivity contribution in [1.29, 1.82) is 0 Å². The van der Waals surface area contributed by atoms with Gasteiger partial charge >= 0.3 is 0 Å². The number of imidazole rings is 1. The van der Waals surface area contributed by atoms with Gasteiger partial charge in [0, 0.05) is 37.1 Å². The lowest BCUT2D eigenvalue weighted by Gasteiger charge is -2.16. The number of nitrogens with one attached hydrogen (secondary N) is 1. The molecule has 2 N–H and O–H groups in total. The molecule has 0 bridgehead atoms. The average molecular weight is 412 g/mol. The summed E-state index contributed by atoms with van der Waals surface area (Å²) in [4.78, 5) is 11.4. The number of fused-ring (bicyclic) bond motifs is 1. The third kappa shape index (κ3) is 4.03. The fraction of sp³-hybridized carbons (Fsp3) is 0.250. The Hall–Kier alpha value is -3.10. The molecular formula is C20H22ClN7O. The number of nitrogens with zero attached hydrogens (tertiary/aromatic N) is 6. The lowest BCUT2D eigenvalue weighted by molar-refractivity contribution is 0.399. The van der Waals surface area contributed by atoms with Crippen LogP contribution in [0.1, 0.15) is 12.8 Å². The second kappa shape index (κ2) is 8.50. The zero-order valence-electron chi connectivity index (χ0n) is 16.0. The van der Waals surface area contributed by atoms with E-state index in [0.717, 1.165) is 49.0 Å². The van der Waals surface area contributed by atoms with Crippen LogP contribution in [0.25, 0.3) is 11.2 Å². The number of aliphatic hydroxyl groups excluding tert-OH is 1. The number of aliphatic hydroxyl groups is 1. The van der Waals surface area contributed by atoms with Gasteiger partial charge < -0.3 is 19.9 Å². The lowest BCUT2D eigenvalue weighted by atomic mass is 10.3. The zero-order valence-corrected chi connectivity index (χ0v) is 16.8. The van der Waals surface area contributed by atoms with Gasteiger partial charge in [-0.25, -0.2) is 9.50 Å². The second-order valence-electron chi connectivity index (χ2n) is 6.56. The molecule has 4 heterocycles. The maximum Gasteiger partial charge on any atom is 0.245 e. The molecule has 1 aliphatic heterocycles. The number of anilines is 3. The predicted octanol–water partition coefficient (Wildman–Crippen LogP) is 3.52. The fourth-order valence-corrected chi connectivity index (χ4v) is 3.46. The molecule has 1 aliphatic rings. The molecule has 150 valence electrons. The van der Waals surface area contributed by atoms with Crippen LogP contribution in [0.4, 0.5) is 17.6 Å². The van der Waals surface area contributed by atoms with Crippen molar-refractivity contribution in [2.45, 2.75) is 12.8 Å². The van der Waals surface area contributed by atoms with Gasteiger partial charge in [-0.3, -0.25) is 0 Å². The van der Waals surface area contributed by atoms with Crippen molar-refractivity contribution in [3.05, 3.63) is 60.1 Å². The van der Waals surface area contributed by atoms with E-state index in [1.807, 2.05) is 57.9 Å². The highest BCUT2D eigenvalue weighted by atomic mass is 35.5. The van der Waals surface area contributed by atoms with Gasteiger partial charge in [0.1, 0.15) is 17.7 Å². The Morgan fingerprint density at radius 3 is 2.59 bits per heavy atom. The maximum atomic E-state index is 7.00. The van der Waals surface area contributed by atoms with Crippen molar-refractivity contribution in [1.82, 2.24) is 24.1 Å². The highest BCUT2D eigenvalue weighted by molar-refractivity contribution is 6.30. The van der Waals surface area contributed by atoms with Crippen molar-refractivity contribution in [2.24, 2.45) is 0 Å². The van der Waals surface area contributed by atoms with Crippen molar-refractivity contribution >= 4 is 34.7 Å². The molecule has 0 spiro atoms. The van der Waals surface area contributed by atoms with Crippen LogP contribution in [0.2, 0.25) is 5.02 Å². The smallest absolute Gasteiger partial charge is 0.245 e. The van der Waals surface area contributed by atoms with Gasteiger partial charge in [-0.1, -0.05) is 11.6 Å². The summed E-state index contributed by atoms with van der Waals surface area (Å²) in [6.07, 6.45) is 8.00. The monoisotopic (exact) mass is 411 g/mol. The molecule has 29 heavy (non-hydrogen) atoms. The van der Waals surface area contributed by atoms with Crippen molar-refractivity contribution in [3.63, 3.8) is 0 Å². The summed E-state index contributed by atoms with van der Waals surface area (Å²) in [5.41, 5.74) is 1.91.